The van der Waals surface area contributed by atoms with Crippen molar-refractivity contribution >= 4 is 23.2 Å². The zero-order chi connectivity index (χ0) is 23.9. The second-order valence-electron chi connectivity index (χ2n) is 7.12. The minimum atomic E-state index is -0.338. The van der Waals surface area contributed by atoms with Crippen molar-refractivity contribution < 1.29 is 19.1 Å². The summed E-state index contributed by atoms with van der Waals surface area (Å²) in [6.45, 7) is -0.147. The Hall–Kier alpha value is -4.73. The summed E-state index contributed by atoms with van der Waals surface area (Å²) >= 11 is 0. The first kappa shape index (κ1) is 22.5. The molecule has 0 aliphatic heterocycles. The third kappa shape index (κ3) is 5.18. The van der Waals surface area contributed by atoms with E-state index in [1.54, 1.807) is 73.8 Å². The van der Waals surface area contributed by atoms with E-state index in [2.05, 4.69) is 26.0 Å². The summed E-state index contributed by atoms with van der Waals surface area (Å²) in [7, 11) is 3.09. The number of tetrazole rings is 1. The van der Waals surface area contributed by atoms with E-state index in [0.717, 1.165) is 0 Å². The van der Waals surface area contributed by atoms with Crippen molar-refractivity contribution in [2.24, 2.45) is 0 Å². The molecule has 10 nitrogen and oxygen atoms in total. The molecule has 34 heavy (non-hydrogen) atoms. The molecular formula is C24H22N6O4. The quantitative estimate of drug-likeness (QED) is 0.416. The molecule has 0 unspecified atom stereocenters. The van der Waals surface area contributed by atoms with Crippen LogP contribution in [-0.4, -0.2) is 46.2 Å². The second-order valence-corrected chi connectivity index (χ2v) is 7.12. The highest BCUT2D eigenvalue weighted by atomic mass is 16.5. The van der Waals surface area contributed by atoms with Crippen LogP contribution in [0.4, 0.5) is 11.4 Å². The number of hydrogen-bond donors (Lipinski definition) is 2. The molecule has 0 radical (unpaired) electrons. The number of benzene rings is 3. The zero-order valence-electron chi connectivity index (χ0n) is 18.6. The summed E-state index contributed by atoms with van der Waals surface area (Å²) in [5.74, 6) is 0.848. The van der Waals surface area contributed by atoms with Crippen LogP contribution in [0.15, 0.2) is 72.8 Å². The number of para-hydroxylation sites is 3. The van der Waals surface area contributed by atoms with E-state index in [0.29, 0.717) is 34.0 Å². The smallest absolute Gasteiger partial charge is 0.255 e. The first-order valence-corrected chi connectivity index (χ1v) is 10.3. The fraction of sp³-hybridized carbons (Fsp3) is 0.125. The number of nitrogens with zero attached hydrogens (tertiary/aromatic N) is 4. The zero-order valence-corrected chi connectivity index (χ0v) is 18.6. The fourth-order valence-corrected chi connectivity index (χ4v) is 3.21. The number of anilines is 2. The van der Waals surface area contributed by atoms with Gasteiger partial charge in [-0.1, -0.05) is 24.3 Å². The van der Waals surface area contributed by atoms with Crippen LogP contribution in [0.2, 0.25) is 0 Å². The van der Waals surface area contributed by atoms with Crippen molar-refractivity contribution in [3.05, 3.63) is 78.4 Å². The van der Waals surface area contributed by atoms with E-state index in [4.69, 9.17) is 9.47 Å². The van der Waals surface area contributed by atoms with Gasteiger partial charge in [-0.15, -0.1) is 10.2 Å². The maximum absolute atomic E-state index is 12.7. The van der Waals surface area contributed by atoms with Crippen LogP contribution in [0, 0.1) is 0 Å². The van der Waals surface area contributed by atoms with Crippen molar-refractivity contribution in [2.75, 3.05) is 24.9 Å². The van der Waals surface area contributed by atoms with Crippen molar-refractivity contribution in [3.8, 4) is 22.9 Å². The molecule has 0 aliphatic carbocycles. The topological polar surface area (TPSA) is 120 Å². The number of carbonyl (C=O) groups excluding carboxylic acids is 2. The molecule has 0 saturated carbocycles. The predicted octanol–water partition coefficient (Wildman–Crippen LogP) is 3.25. The average molecular weight is 458 g/mol. The van der Waals surface area contributed by atoms with Crippen molar-refractivity contribution in [2.45, 2.75) is 6.54 Å². The van der Waals surface area contributed by atoms with Gasteiger partial charge in [0.1, 0.15) is 18.0 Å². The van der Waals surface area contributed by atoms with Crippen LogP contribution in [0.1, 0.15) is 10.4 Å². The largest absolute Gasteiger partial charge is 0.497 e. The van der Waals surface area contributed by atoms with Gasteiger partial charge in [-0.25, -0.2) is 0 Å². The van der Waals surface area contributed by atoms with Gasteiger partial charge in [0.25, 0.3) is 5.91 Å². The van der Waals surface area contributed by atoms with Crippen LogP contribution in [0.3, 0.4) is 0 Å². The number of ether oxygens (including phenoxy) is 2. The average Bonchev–Trinajstić information content (AvgIpc) is 3.32. The molecule has 0 fully saturated rings. The van der Waals surface area contributed by atoms with Gasteiger partial charge < -0.3 is 20.1 Å². The molecule has 0 bridgehead atoms. The van der Waals surface area contributed by atoms with Gasteiger partial charge in [-0.2, -0.15) is 4.80 Å². The molecule has 4 rings (SSSR count). The molecule has 0 spiro atoms. The van der Waals surface area contributed by atoms with E-state index >= 15 is 0 Å². The lowest BCUT2D eigenvalue weighted by molar-refractivity contribution is -0.117. The van der Waals surface area contributed by atoms with E-state index < -0.39 is 0 Å². The standard InChI is InChI=1S/C24H22N6O4/c1-33-17-13-11-16(12-14-17)24(32)26-19-8-4-3-7-18(19)23-27-29-30(28-23)15-22(31)25-20-9-5-6-10-21(20)34-2/h3-14H,15H2,1-2H3,(H,25,31)(H,26,32). The molecule has 3 aromatic carbocycles. The SMILES string of the molecule is COc1ccc(C(=O)Nc2ccccc2-c2nnn(CC(=O)Nc3ccccc3OC)n2)cc1. The minimum absolute atomic E-state index is 0.147. The molecule has 0 saturated heterocycles. The Bertz CT molecular complexity index is 1300. The first-order chi connectivity index (χ1) is 16.6. The van der Waals surface area contributed by atoms with Gasteiger partial charge in [0.2, 0.25) is 11.7 Å². The monoisotopic (exact) mass is 458 g/mol. The summed E-state index contributed by atoms with van der Waals surface area (Å²) in [6, 6.07) is 21.0. The Morgan fingerprint density at radius 1 is 0.853 bits per heavy atom. The Kier molecular flexibility index (Phi) is 6.78. The molecule has 10 heteroatoms. The van der Waals surface area contributed by atoms with Crippen molar-refractivity contribution in [1.29, 1.82) is 0 Å². The molecule has 2 amide bonds. The number of hydrogen-bond acceptors (Lipinski definition) is 7. The maximum atomic E-state index is 12.7. The fourth-order valence-electron chi connectivity index (χ4n) is 3.21. The van der Waals surface area contributed by atoms with Gasteiger partial charge in [-0.05, 0) is 53.7 Å². The number of amides is 2. The van der Waals surface area contributed by atoms with Crippen molar-refractivity contribution in [3.63, 3.8) is 0 Å². The predicted molar refractivity (Wildman–Crippen MR) is 126 cm³/mol. The Morgan fingerprint density at radius 3 is 2.29 bits per heavy atom. The first-order valence-electron chi connectivity index (χ1n) is 10.3. The van der Waals surface area contributed by atoms with Gasteiger partial charge in [-0.3, -0.25) is 9.59 Å². The van der Waals surface area contributed by atoms with Gasteiger partial charge >= 0.3 is 0 Å². The highest BCUT2D eigenvalue weighted by Crippen LogP contribution is 2.25. The Balaban J connectivity index is 1.47. The van der Waals surface area contributed by atoms with Crippen LogP contribution < -0.4 is 20.1 Å². The van der Waals surface area contributed by atoms with E-state index in [9.17, 15) is 9.59 Å². The number of methoxy groups -OCH3 is 2. The summed E-state index contributed by atoms with van der Waals surface area (Å²) in [6.07, 6.45) is 0. The lowest BCUT2D eigenvalue weighted by atomic mass is 10.1. The van der Waals surface area contributed by atoms with Crippen LogP contribution in [0.25, 0.3) is 11.4 Å². The number of nitrogens with one attached hydrogen (secondary N) is 2. The van der Waals surface area contributed by atoms with Gasteiger partial charge in [0, 0.05) is 11.1 Å². The second kappa shape index (κ2) is 10.3. The summed E-state index contributed by atoms with van der Waals surface area (Å²) in [5, 5.41) is 18.0. The summed E-state index contributed by atoms with van der Waals surface area (Å²) in [5.41, 5.74) is 2.10. The number of carbonyl (C=O) groups is 2. The lowest BCUT2D eigenvalue weighted by Gasteiger charge is -2.09. The molecule has 4 aromatic rings. The van der Waals surface area contributed by atoms with Crippen LogP contribution >= 0.6 is 0 Å². The molecule has 172 valence electrons. The third-order valence-corrected chi connectivity index (χ3v) is 4.89. The summed E-state index contributed by atoms with van der Waals surface area (Å²) < 4.78 is 10.4. The number of rotatable bonds is 8. The Labute approximate surface area is 195 Å². The molecule has 0 atom stereocenters. The third-order valence-electron chi connectivity index (χ3n) is 4.89. The molecule has 0 aliphatic rings. The lowest BCUT2D eigenvalue weighted by Crippen LogP contribution is -2.20. The summed E-state index contributed by atoms with van der Waals surface area (Å²) in [4.78, 5) is 26.3. The normalized spacial score (nSPS) is 10.4. The van der Waals surface area contributed by atoms with E-state index in [1.807, 2.05) is 6.07 Å². The minimum Gasteiger partial charge on any atom is -0.497 e. The van der Waals surface area contributed by atoms with E-state index in [-0.39, 0.29) is 24.2 Å². The van der Waals surface area contributed by atoms with E-state index in [1.165, 1.54) is 11.9 Å². The van der Waals surface area contributed by atoms with Crippen LogP contribution in [-0.2, 0) is 11.3 Å². The van der Waals surface area contributed by atoms with Gasteiger partial charge in [0.15, 0.2) is 0 Å². The molecule has 2 N–H and O–H groups in total. The van der Waals surface area contributed by atoms with Gasteiger partial charge in [0.05, 0.1) is 25.6 Å². The maximum Gasteiger partial charge on any atom is 0.255 e. The molecule has 1 heterocycles. The van der Waals surface area contributed by atoms with Crippen LogP contribution in [0.5, 0.6) is 11.5 Å². The molecular weight excluding hydrogens is 436 g/mol. The van der Waals surface area contributed by atoms with Crippen molar-refractivity contribution in [1.82, 2.24) is 20.2 Å². The highest BCUT2D eigenvalue weighted by molar-refractivity contribution is 6.06. The highest BCUT2D eigenvalue weighted by Gasteiger charge is 2.15. The molecule has 1 aromatic heterocycles. The number of aromatic nitrogens is 4. The Morgan fingerprint density at radius 2 is 1.56 bits per heavy atom.